The first-order chi connectivity index (χ1) is 11.1. The predicted molar refractivity (Wildman–Crippen MR) is 86.8 cm³/mol. The van der Waals surface area contributed by atoms with E-state index in [2.05, 4.69) is 20.8 Å². The van der Waals surface area contributed by atoms with Crippen molar-refractivity contribution in [2.24, 2.45) is 0 Å². The molecule has 6 nitrogen and oxygen atoms in total. The van der Waals surface area contributed by atoms with Gasteiger partial charge in [0.05, 0.1) is 5.69 Å². The standard InChI is InChI=1S/C15H11Cl2N5O/c16-12-4-1-11(14(17)7-12)8-18-15(23)10-2-5-13(6-3-10)22-9-19-20-21-22/h1-7,9H,8H2,(H,18,23). The first-order valence-corrected chi connectivity index (χ1v) is 7.44. The Balaban J connectivity index is 1.66. The quantitative estimate of drug-likeness (QED) is 0.787. The summed E-state index contributed by atoms with van der Waals surface area (Å²) in [7, 11) is 0. The fraction of sp³-hybridized carbons (Fsp3) is 0.0667. The van der Waals surface area contributed by atoms with E-state index in [1.165, 1.54) is 11.0 Å². The molecule has 8 heteroatoms. The molecule has 0 fully saturated rings. The van der Waals surface area contributed by atoms with Crippen LogP contribution < -0.4 is 5.32 Å². The van der Waals surface area contributed by atoms with E-state index in [1.54, 1.807) is 42.5 Å². The maximum absolute atomic E-state index is 12.2. The Bertz CT molecular complexity index is 818. The van der Waals surface area contributed by atoms with Crippen molar-refractivity contribution < 1.29 is 4.79 Å². The zero-order valence-corrected chi connectivity index (χ0v) is 13.3. The van der Waals surface area contributed by atoms with Crippen molar-refractivity contribution in [3.8, 4) is 5.69 Å². The van der Waals surface area contributed by atoms with Gasteiger partial charge >= 0.3 is 0 Å². The van der Waals surface area contributed by atoms with E-state index in [1.807, 2.05) is 0 Å². The molecule has 3 rings (SSSR count). The van der Waals surface area contributed by atoms with Crippen LogP contribution in [0.15, 0.2) is 48.8 Å². The minimum absolute atomic E-state index is 0.195. The molecule has 0 aliphatic rings. The minimum Gasteiger partial charge on any atom is -0.348 e. The van der Waals surface area contributed by atoms with E-state index < -0.39 is 0 Å². The summed E-state index contributed by atoms with van der Waals surface area (Å²) < 4.78 is 1.51. The zero-order valence-electron chi connectivity index (χ0n) is 11.8. The Labute approximate surface area is 142 Å². The molecule has 0 aliphatic carbocycles. The summed E-state index contributed by atoms with van der Waals surface area (Å²) in [6, 6.07) is 12.1. The number of carbonyl (C=O) groups is 1. The number of halogens is 2. The summed E-state index contributed by atoms with van der Waals surface area (Å²) in [5.74, 6) is -0.195. The highest BCUT2D eigenvalue weighted by Crippen LogP contribution is 2.20. The van der Waals surface area contributed by atoms with Crippen LogP contribution in [0.4, 0.5) is 0 Å². The molecule has 2 aromatic carbocycles. The van der Waals surface area contributed by atoms with Crippen molar-refractivity contribution in [2.75, 3.05) is 0 Å². The molecule has 0 bridgehead atoms. The topological polar surface area (TPSA) is 72.7 Å². The predicted octanol–water partition coefficient (Wildman–Crippen LogP) is 2.90. The molecule has 0 radical (unpaired) electrons. The lowest BCUT2D eigenvalue weighted by molar-refractivity contribution is 0.0951. The highest BCUT2D eigenvalue weighted by Gasteiger charge is 2.08. The van der Waals surface area contributed by atoms with Crippen LogP contribution >= 0.6 is 23.2 Å². The number of hydrogen-bond donors (Lipinski definition) is 1. The van der Waals surface area contributed by atoms with Gasteiger partial charge in [0.2, 0.25) is 0 Å². The number of aromatic nitrogens is 4. The van der Waals surface area contributed by atoms with Gasteiger partial charge in [-0.05, 0) is 52.4 Å². The van der Waals surface area contributed by atoms with Crippen molar-refractivity contribution in [2.45, 2.75) is 6.54 Å². The van der Waals surface area contributed by atoms with Crippen LogP contribution in [-0.2, 0) is 6.54 Å². The number of nitrogens with one attached hydrogen (secondary N) is 1. The lowest BCUT2D eigenvalue weighted by atomic mass is 10.1. The van der Waals surface area contributed by atoms with Gasteiger partial charge in [0.1, 0.15) is 6.33 Å². The largest absolute Gasteiger partial charge is 0.348 e. The van der Waals surface area contributed by atoms with Crippen LogP contribution in [0.25, 0.3) is 5.69 Å². The Morgan fingerprint density at radius 2 is 1.91 bits per heavy atom. The normalized spacial score (nSPS) is 10.5. The van der Waals surface area contributed by atoms with Crippen LogP contribution in [0.3, 0.4) is 0 Å². The average Bonchev–Trinajstić information content (AvgIpc) is 3.08. The van der Waals surface area contributed by atoms with E-state index in [0.29, 0.717) is 22.2 Å². The number of benzene rings is 2. The smallest absolute Gasteiger partial charge is 0.251 e. The minimum atomic E-state index is -0.195. The SMILES string of the molecule is O=C(NCc1ccc(Cl)cc1Cl)c1ccc(-n2cnnn2)cc1. The Morgan fingerprint density at radius 3 is 2.57 bits per heavy atom. The third-order valence-electron chi connectivity index (χ3n) is 3.20. The number of nitrogens with zero attached hydrogens (tertiary/aromatic N) is 4. The molecule has 0 atom stereocenters. The van der Waals surface area contributed by atoms with Crippen LogP contribution in [0.2, 0.25) is 10.0 Å². The lowest BCUT2D eigenvalue weighted by Gasteiger charge is -2.08. The number of hydrogen-bond acceptors (Lipinski definition) is 4. The molecule has 1 aromatic heterocycles. The van der Waals surface area contributed by atoms with E-state index in [-0.39, 0.29) is 5.91 Å². The van der Waals surface area contributed by atoms with Crippen LogP contribution in [0.5, 0.6) is 0 Å². The van der Waals surface area contributed by atoms with Crippen molar-refractivity contribution in [3.05, 3.63) is 70.0 Å². The van der Waals surface area contributed by atoms with Crippen LogP contribution in [-0.4, -0.2) is 26.1 Å². The highest BCUT2D eigenvalue weighted by atomic mass is 35.5. The molecule has 116 valence electrons. The number of tetrazole rings is 1. The summed E-state index contributed by atoms with van der Waals surface area (Å²) in [5.41, 5.74) is 2.11. The molecule has 0 aliphatic heterocycles. The second-order valence-electron chi connectivity index (χ2n) is 4.72. The second-order valence-corrected chi connectivity index (χ2v) is 5.56. The monoisotopic (exact) mass is 347 g/mol. The molecule has 1 amide bonds. The Morgan fingerprint density at radius 1 is 1.13 bits per heavy atom. The summed E-state index contributed by atoms with van der Waals surface area (Å²) in [5, 5.41) is 14.8. The number of rotatable bonds is 4. The fourth-order valence-electron chi connectivity index (χ4n) is 1.99. The summed E-state index contributed by atoms with van der Waals surface area (Å²) >= 11 is 11.9. The second kappa shape index (κ2) is 6.76. The van der Waals surface area contributed by atoms with Crippen LogP contribution in [0.1, 0.15) is 15.9 Å². The molecule has 3 aromatic rings. The molecule has 0 saturated carbocycles. The first kappa shape index (κ1) is 15.5. The van der Waals surface area contributed by atoms with E-state index in [0.717, 1.165) is 11.3 Å². The maximum Gasteiger partial charge on any atom is 0.251 e. The van der Waals surface area contributed by atoms with Crippen LogP contribution in [0, 0.1) is 0 Å². The molecule has 1 N–H and O–H groups in total. The van der Waals surface area contributed by atoms with Gasteiger partial charge < -0.3 is 5.32 Å². The van der Waals surface area contributed by atoms with Gasteiger partial charge in [0, 0.05) is 22.2 Å². The lowest BCUT2D eigenvalue weighted by Crippen LogP contribution is -2.22. The molecule has 23 heavy (non-hydrogen) atoms. The molecule has 0 unspecified atom stereocenters. The van der Waals surface area contributed by atoms with Gasteiger partial charge in [-0.1, -0.05) is 29.3 Å². The van der Waals surface area contributed by atoms with Gasteiger partial charge in [0.15, 0.2) is 0 Å². The van der Waals surface area contributed by atoms with E-state index in [4.69, 9.17) is 23.2 Å². The Hall–Kier alpha value is -2.44. The first-order valence-electron chi connectivity index (χ1n) is 6.69. The van der Waals surface area contributed by atoms with Gasteiger partial charge in [-0.25, -0.2) is 4.68 Å². The van der Waals surface area contributed by atoms with Gasteiger partial charge in [-0.15, -0.1) is 5.10 Å². The van der Waals surface area contributed by atoms with Crippen molar-refractivity contribution in [3.63, 3.8) is 0 Å². The summed E-state index contributed by atoms with van der Waals surface area (Å²) in [6.07, 6.45) is 1.48. The van der Waals surface area contributed by atoms with Crippen molar-refractivity contribution in [1.29, 1.82) is 0 Å². The third-order valence-corrected chi connectivity index (χ3v) is 3.78. The molecule has 1 heterocycles. The number of carbonyl (C=O) groups excluding carboxylic acids is 1. The summed E-state index contributed by atoms with van der Waals surface area (Å²) in [6.45, 7) is 0.323. The fourth-order valence-corrected chi connectivity index (χ4v) is 2.46. The van der Waals surface area contributed by atoms with Gasteiger partial charge in [0.25, 0.3) is 5.91 Å². The van der Waals surface area contributed by atoms with Gasteiger partial charge in [-0.3, -0.25) is 4.79 Å². The highest BCUT2D eigenvalue weighted by molar-refractivity contribution is 6.35. The molecular formula is C15H11Cl2N5O. The zero-order chi connectivity index (χ0) is 16.2. The van der Waals surface area contributed by atoms with Gasteiger partial charge in [-0.2, -0.15) is 0 Å². The molecular weight excluding hydrogens is 337 g/mol. The summed E-state index contributed by atoms with van der Waals surface area (Å²) in [4.78, 5) is 12.2. The van der Waals surface area contributed by atoms with E-state index >= 15 is 0 Å². The maximum atomic E-state index is 12.2. The van der Waals surface area contributed by atoms with Crippen molar-refractivity contribution in [1.82, 2.24) is 25.5 Å². The van der Waals surface area contributed by atoms with E-state index in [9.17, 15) is 4.79 Å². The average molecular weight is 348 g/mol. The molecule has 0 spiro atoms. The Kier molecular flexibility index (Phi) is 4.55. The number of amides is 1. The molecule has 0 saturated heterocycles. The third kappa shape index (κ3) is 3.67. The van der Waals surface area contributed by atoms with Crippen molar-refractivity contribution >= 4 is 29.1 Å².